The Morgan fingerprint density at radius 2 is 1.95 bits per heavy atom. The fourth-order valence-corrected chi connectivity index (χ4v) is 4.69. The Labute approximate surface area is 125 Å². The Morgan fingerprint density at radius 3 is 2.67 bits per heavy atom. The van der Waals surface area contributed by atoms with Crippen molar-refractivity contribution in [3.05, 3.63) is 24.4 Å². The quantitative estimate of drug-likeness (QED) is 0.856. The van der Waals surface area contributed by atoms with Gasteiger partial charge in [-0.05, 0) is 31.0 Å². The van der Waals surface area contributed by atoms with E-state index in [2.05, 4.69) is 4.98 Å². The molecule has 0 unspecified atom stereocenters. The van der Waals surface area contributed by atoms with E-state index >= 15 is 0 Å². The van der Waals surface area contributed by atoms with Crippen LogP contribution in [0.2, 0.25) is 0 Å². The molecule has 0 spiro atoms. The van der Waals surface area contributed by atoms with Gasteiger partial charge in [-0.25, -0.2) is 8.42 Å². The number of nitrogen functional groups attached to an aromatic ring is 1. The van der Waals surface area contributed by atoms with E-state index in [9.17, 15) is 8.42 Å². The van der Waals surface area contributed by atoms with Gasteiger partial charge in [0.25, 0.3) is 0 Å². The molecule has 1 aromatic heterocycles. The molecular weight excluding hydrogens is 286 g/mol. The maximum absolute atomic E-state index is 12.9. The largest absolute Gasteiger partial charge is 0.399 e. The molecule has 2 aromatic rings. The van der Waals surface area contributed by atoms with Gasteiger partial charge < -0.3 is 10.7 Å². The molecule has 0 bridgehead atoms. The molecule has 114 valence electrons. The second-order valence-corrected chi connectivity index (χ2v) is 7.74. The number of hydrogen-bond acceptors (Lipinski definition) is 3. The van der Waals surface area contributed by atoms with Crippen molar-refractivity contribution in [3.8, 4) is 0 Å². The van der Waals surface area contributed by atoms with E-state index in [0.717, 1.165) is 31.2 Å². The summed E-state index contributed by atoms with van der Waals surface area (Å²) in [5.41, 5.74) is 7.15. The molecule has 3 N–H and O–H groups in total. The zero-order chi connectivity index (χ0) is 15.0. The fourth-order valence-electron chi connectivity index (χ4n) is 3.12. The minimum absolute atomic E-state index is 0.106. The minimum atomic E-state index is -3.49. The van der Waals surface area contributed by atoms with Crippen molar-refractivity contribution in [1.29, 1.82) is 0 Å². The highest BCUT2D eigenvalue weighted by atomic mass is 32.2. The van der Waals surface area contributed by atoms with E-state index in [1.165, 1.54) is 10.7 Å². The molecule has 6 heteroatoms. The molecule has 1 heterocycles. The number of nitrogens with zero attached hydrogens (tertiary/aromatic N) is 1. The van der Waals surface area contributed by atoms with Crippen LogP contribution in [0, 0.1) is 0 Å². The second kappa shape index (κ2) is 5.35. The van der Waals surface area contributed by atoms with E-state index < -0.39 is 10.0 Å². The number of benzene rings is 1. The van der Waals surface area contributed by atoms with Gasteiger partial charge in [-0.3, -0.25) is 0 Å². The highest BCUT2D eigenvalue weighted by Gasteiger charge is 2.30. The molecule has 0 amide bonds. The van der Waals surface area contributed by atoms with Gasteiger partial charge in [-0.2, -0.15) is 4.31 Å². The van der Waals surface area contributed by atoms with Gasteiger partial charge in [0.2, 0.25) is 10.0 Å². The van der Waals surface area contributed by atoms with Crippen LogP contribution in [-0.4, -0.2) is 30.8 Å². The number of hydrogen-bond donors (Lipinski definition) is 2. The molecule has 0 atom stereocenters. The van der Waals surface area contributed by atoms with Crippen LogP contribution in [0.25, 0.3) is 10.9 Å². The Hall–Kier alpha value is -1.53. The summed E-state index contributed by atoms with van der Waals surface area (Å²) in [6.45, 7) is 0. The monoisotopic (exact) mass is 307 g/mol. The first kappa shape index (κ1) is 14.4. The number of aromatic amines is 1. The number of nitrogens with two attached hydrogens (primary N) is 1. The number of rotatable bonds is 3. The van der Waals surface area contributed by atoms with Crippen molar-refractivity contribution in [1.82, 2.24) is 9.29 Å². The van der Waals surface area contributed by atoms with Crippen LogP contribution < -0.4 is 5.73 Å². The summed E-state index contributed by atoms with van der Waals surface area (Å²) in [6, 6.07) is 5.40. The molecule has 0 saturated heterocycles. The van der Waals surface area contributed by atoms with E-state index in [4.69, 9.17) is 5.73 Å². The smallest absolute Gasteiger partial charge is 0.245 e. The first-order valence-corrected chi connectivity index (χ1v) is 8.79. The van der Waals surface area contributed by atoms with Crippen LogP contribution in [0.3, 0.4) is 0 Å². The van der Waals surface area contributed by atoms with Gasteiger partial charge in [-0.1, -0.05) is 19.3 Å². The van der Waals surface area contributed by atoms with Crippen molar-refractivity contribution >= 4 is 26.6 Å². The second-order valence-electron chi connectivity index (χ2n) is 5.77. The van der Waals surface area contributed by atoms with Gasteiger partial charge in [-0.15, -0.1) is 0 Å². The van der Waals surface area contributed by atoms with Gasteiger partial charge in [0.05, 0.1) is 0 Å². The van der Waals surface area contributed by atoms with Gasteiger partial charge in [0, 0.05) is 35.9 Å². The van der Waals surface area contributed by atoms with Gasteiger partial charge in [0.15, 0.2) is 0 Å². The van der Waals surface area contributed by atoms with Crippen molar-refractivity contribution in [2.45, 2.75) is 43.0 Å². The molecule has 1 fully saturated rings. The molecule has 1 aliphatic rings. The molecule has 5 nitrogen and oxygen atoms in total. The molecule has 0 radical (unpaired) electrons. The third-order valence-electron chi connectivity index (χ3n) is 4.41. The summed E-state index contributed by atoms with van der Waals surface area (Å²) in [7, 11) is -1.80. The molecule has 3 rings (SSSR count). The maximum atomic E-state index is 12.9. The first-order chi connectivity index (χ1) is 10.00. The lowest BCUT2D eigenvalue weighted by molar-refractivity contribution is 0.286. The number of aromatic nitrogens is 1. The van der Waals surface area contributed by atoms with Crippen molar-refractivity contribution in [3.63, 3.8) is 0 Å². The first-order valence-electron chi connectivity index (χ1n) is 7.35. The normalized spacial score (nSPS) is 17.6. The Balaban J connectivity index is 2.01. The van der Waals surface area contributed by atoms with Crippen molar-refractivity contribution in [2.75, 3.05) is 12.8 Å². The van der Waals surface area contributed by atoms with Crippen LogP contribution in [0.1, 0.15) is 32.1 Å². The average molecular weight is 307 g/mol. The van der Waals surface area contributed by atoms with Gasteiger partial charge >= 0.3 is 0 Å². The summed E-state index contributed by atoms with van der Waals surface area (Å²) >= 11 is 0. The summed E-state index contributed by atoms with van der Waals surface area (Å²) in [4.78, 5) is 3.34. The Kier molecular flexibility index (Phi) is 3.67. The maximum Gasteiger partial charge on any atom is 0.245 e. The number of nitrogens with one attached hydrogen (secondary N) is 1. The standard InChI is InChI=1S/C15H21N3O2S/c1-18(12-5-3-2-4-6-12)21(19,20)15-10-17-14-8-7-11(16)9-13(14)15/h7-10,12,17H,2-6,16H2,1H3. The number of sulfonamides is 1. The zero-order valence-corrected chi connectivity index (χ0v) is 13.0. The Bertz CT molecular complexity index is 745. The molecule has 21 heavy (non-hydrogen) atoms. The van der Waals surface area contributed by atoms with Crippen LogP contribution in [0.4, 0.5) is 5.69 Å². The topological polar surface area (TPSA) is 79.2 Å². The molecule has 1 aromatic carbocycles. The molecule has 1 saturated carbocycles. The minimum Gasteiger partial charge on any atom is -0.399 e. The fraction of sp³-hybridized carbons (Fsp3) is 0.467. The lowest BCUT2D eigenvalue weighted by atomic mass is 9.96. The van der Waals surface area contributed by atoms with E-state index in [-0.39, 0.29) is 6.04 Å². The lowest BCUT2D eigenvalue weighted by Crippen LogP contribution is -2.38. The highest BCUT2D eigenvalue weighted by Crippen LogP contribution is 2.30. The summed E-state index contributed by atoms with van der Waals surface area (Å²) in [5, 5.41) is 0.664. The summed E-state index contributed by atoms with van der Waals surface area (Å²) in [6.07, 6.45) is 6.87. The predicted octanol–water partition coefficient (Wildman–Crippen LogP) is 2.70. The van der Waals surface area contributed by atoms with E-state index in [0.29, 0.717) is 16.0 Å². The van der Waals surface area contributed by atoms with Crippen LogP contribution in [-0.2, 0) is 10.0 Å². The third kappa shape index (κ3) is 2.53. The van der Waals surface area contributed by atoms with Crippen molar-refractivity contribution in [2.24, 2.45) is 0 Å². The third-order valence-corrected chi connectivity index (χ3v) is 6.36. The van der Waals surface area contributed by atoms with Crippen LogP contribution in [0.15, 0.2) is 29.3 Å². The van der Waals surface area contributed by atoms with Crippen molar-refractivity contribution < 1.29 is 8.42 Å². The molecule has 0 aliphatic heterocycles. The zero-order valence-electron chi connectivity index (χ0n) is 12.2. The summed E-state index contributed by atoms with van der Waals surface area (Å²) in [5.74, 6) is 0. The molecular formula is C15H21N3O2S. The van der Waals surface area contributed by atoms with Gasteiger partial charge in [0.1, 0.15) is 4.90 Å². The average Bonchev–Trinajstić information content (AvgIpc) is 2.91. The van der Waals surface area contributed by atoms with Crippen LogP contribution in [0.5, 0.6) is 0 Å². The van der Waals surface area contributed by atoms with E-state index in [1.807, 2.05) is 6.07 Å². The lowest BCUT2D eigenvalue weighted by Gasteiger charge is -2.30. The number of H-pyrrole nitrogens is 1. The van der Waals surface area contributed by atoms with E-state index in [1.54, 1.807) is 25.4 Å². The number of fused-ring (bicyclic) bond motifs is 1. The SMILES string of the molecule is CN(C1CCCCC1)S(=O)(=O)c1c[nH]c2ccc(N)cc12. The van der Waals surface area contributed by atoms with Crippen LogP contribution >= 0.6 is 0 Å². The summed E-state index contributed by atoms with van der Waals surface area (Å²) < 4.78 is 27.3. The predicted molar refractivity (Wildman–Crippen MR) is 84.5 cm³/mol. The Morgan fingerprint density at radius 1 is 1.24 bits per heavy atom. The molecule has 1 aliphatic carbocycles. The number of anilines is 1. The highest BCUT2D eigenvalue weighted by molar-refractivity contribution is 7.89.